The van der Waals surface area contributed by atoms with E-state index in [2.05, 4.69) is 13.8 Å². The minimum atomic E-state index is -0.337. The molecule has 1 amide bonds. The highest BCUT2D eigenvalue weighted by Gasteiger charge is 2.44. The van der Waals surface area contributed by atoms with Crippen LogP contribution < -0.4 is 4.90 Å². The molecule has 144 valence electrons. The highest BCUT2D eigenvalue weighted by atomic mass is 35.5. The number of anilines is 1. The number of hydrogen-bond donors (Lipinski definition) is 0. The van der Waals surface area contributed by atoms with Gasteiger partial charge in [-0.2, -0.15) is 0 Å². The van der Waals surface area contributed by atoms with Gasteiger partial charge in [0.2, 0.25) is 5.91 Å². The van der Waals surface area contributed by atoms with Gasteiger partial charge in [-0.05, 0) is 41.7 Å². The van der Waals surface area contributed by atoms with Gasteiger partial charge in [0.15, 0.2) is 5.78 Å². The number of carbonyl (C=O) groups is 2. The van der Waals surface area contributed by atoms with E-state index in [0.717, 1.165) is 16.9 Å². The molecule has 3 nitrogen and oxygen atoms in total. The number of hydrogen-bond acceptors (Lipinski definition) is 2. The number of benzene rings is 2. The van der Waals surface area contributed by atoms with Crippen LogP contribution >= 0.6 is 23.2 Å². The summed E-state index contributed by atoms with van der Waals surface area (Å²) in [5.74, 6) is -0.266. The summed E-state index contributed by atoms with van der Waals surface area (Å²) in [6.45, 7) is 4.14. The van der Waals surface area contributed by atoms with Crippen molar-refractivity contribution in [2.75, 3.05) is 4.90 Å². The van der Waals surface area contributed by atoms with E-state index in [0.29, 0.717) is 28.5 Å². The van der Waals surface area contributed by atoms with Gasteiger partial charge >= 0.3 is 0 Å². The van der Waals surface area contributed by atoms with Crippen LogP contribution in [0.5, 0.6) is 0 Å². The van der Waals surface area contributed by atoms with Crippen LogP contribution in [-0.2, 0) is 9.59 Å². The van der Waals surface area contributed by atoms with Crippen molar-refractivity contribution in [2.24, 2.45) is 5.41 Å². The van der Waals surface area contributed by atoms with E-state index in [1.54, 1.807) is 17.0 Å². The zero-order valence-electron chi connectivity index (χ0n) is 15.8. The first-order valence-electron chi connectivity index (χ1n) is 9.36. The number of amides is 1. The summed E-state index contributed by atoms with van der Waals surface area (Å²) in [5, 5.41) is 1.02. The number of ketones is 1. The van der Waals surface area contributed by atoms with E-state index in [1.807, 2.05) is 36.4 Å². The van der Waals surface area contributed by atoms with Gasteiger partial charge in [-0.1, -0.05) is 61.3 Å². The highest BCUT2D eigenvalue weighted by molar-refractivity contribution is 6.35. The van der Waals surface area contributed by atoms with Gasteiger partial charge in [0, 0.05) is 45.8 Å². The molecule has 5 heteroatoms. The van der Waals surface area contributed by atoms with Crippen LogP contribution in [0.2, 0.25) is 10.0 Å². The number of nitrogens with zero attached hydrogens (tertiary/aromatic N) is 1. The summed E-state index contributed by atoms with van der Waals surface area (Å²) < 4.78 is 0. The van der Waals surface area contributed by atoms with Gasteiger partial charge in [-0.25, -0.2) is 0 Å². The Hall–Kier alpha value is -2.10. The van der Waals surface area contributed by atoms with Crippen LogP contribution in [0.4, 0.5) is 5.69 Å². The Morgan fingerprint density at radius 2 is 1.71 bits per heavy atom. The Labute approximate surface area is 174 Å². The molecule has 1 aliphatic heterocycles. The van der Waals surface area contributed by atoms with E-state index in [1.165, 1.54) is 0 Å². The van der Waals surface area contributed by atoms with Crippen molar-refractivity contribution in [1.29, 1.82) is 0 Å². The first-order chi connectivity index (χ1) is 13.3. The first kappa shape index (κ1) is 19.2. The number of halogens is 2. The Balaban J connectivity index is 1.92. The van der Waals surface area contributed by atoms with Crippen LogP contribution in [0, 0.1) is 5.41 Å². The maximum absolute atomic E-state index is 13.2. The number of allylic oxidation sites excluding steroid dienone is 2. The van der Waals surface area contributed by atoms with E-state index >= 15 is 0 Å². The second-order valence-electron chi connectivity index (χ2n) is 8.29. The van der Waals surface area contributed by atoms with Gasteiger partial charge in [0.25, 0.3) is 0 Å². The third-order valence-corrected chi connectivity index (χ3v) is 6.06. The lowest BCUT2D eigenvalue weighted by molar-refractivity contribution is -0.121. The fourth-order valence-electron chi connectivity index (χ4n) is 4.34. The molecule has 0 saturated heterocycles. The molecule has 1 heterocycles. The number of para-hydroxylation sites is 1. The molecule has 2 aromatic carbocycles. The minimum Gasteiger partial charge on any atom is -0.294 e. The van der Waals surface area contributed by atoms with E-state index in [4.69, 9.17) is 23.2 Å². The molecule has 4 rings (SSSR count). The van der Waals surface area contributed by atoms with Crippen molar-refractivity contribution in [3.8, 4) is 0 Å². The summed E-state index contributed by atoms with van der Waals surface area (Å²) in [7, 11) is 0. The van der Waals surface area contributed by atoms with Crippen LogP contribution in [0.3, 0.4) is 0 Å². The molecule has 2 aliphatic rings. The smallest absolute Gasteiger partial charge is 0.232 e. The lowest BCUT2D eigenvalue weighted by Crippen LogP contribution is -2.43. The largest absolute Gasteiger partial charge is 0.294 e. The molecule has 0 aromatic heterocycles. The summed E-state index contributed by atoms with van der Waals surface area (Å²) in [4.78, 5) is 28.2. The van der Waals surface area contributed by atoms with Crippen molar-refractivity contribution in [3.05, 3.63) is 75.4 Å². The Morgan fingerprint density at radius 1 is 1.00 bits per heavy atom. The zero-order valence-corrected chi connectivity index (χ0v) is 17.3. The molecule has 0 radical (unpaired) electrons. The molecule has 0 fully saturated rings. The third-order valence-electron chi connectivity index (χ3n) is 5.50. The van der Waals surface area contributed by atoms with E-state index in [9.17, 15) is 9.59 Å². The summed E-state index contributed by atoms with van der Waals surface area (Å²) in [6, 6.07) is 14.8. The number of rotatable bonds is 2. The molecular formula is C23H21Cl2NO2. The van der Waals surface area contributed by atoms with Gasteiger partial charge in [0.1, 0.15) is 0 Å². The standard InChI is InChI=1S/C23H21Cl2NO2/c1-23(2)12-19-22(20(27)13-23)17(16-9-8-14(24)10-18(16)25)11-21(28)26(19)15-6-4-3-5-7-15/h3-10,17H,11-13H2,1-2H3. The van der Waals surface area contributed by atoms with Gasteiger partial charge < -0.3 is 0 Å². The summed E-state index contributed by atoms with van der Waals surface area (Å²) in [5.41, 5.74) is 2.90. The normalized spacial score (nSPS) is 21.7. The fourth-order valence-corrected chi connectivity index (χ4v) is 4.88. The van der Waals surface area contributed by atoms with Crippen molar-refractivity contribution in [1.82, 2.24) is 0 Å². The average Bonchev–Trinajstić information content (AvgIpc) is 2.60. The highest BCUT2D eigenvalue weighted by Crippen LogP contribution is 2.49. The van der Waals surface area contributed by atoms with E-state index < -0.39 is 0 Å². The maximum atomic E-state index is 13.2. The molecule has 1 aliphatic carbocycles. The summed E-state index contributed by atoms with van der Waals surface area (Å²) >= 11 is 12.5. The van der Waals surface area contributed by atoms with Crippen LogP contribution in [0.15, 0.2) is 59.8 Å². The second-order valence-corrected chi connectivity index (χ2v) is 9.13. The number of Topliss-reactive ketones (excluding diaryl/α,β-unsaturated/α-hetero) is 1. The van der Waals surface area contributed by atoms with Crippen LogP contribution in [0.1, 0.15) is 44.6 Å². The lowest BCUT2D eigenvalue weighted by atomic mass is 9.69. The van der Waals surface area contributed by atoms with E-state index in [-0.39, 0.29) is 29.4 Å². The monoisotopic (exact) mass is 413 g/mol. The Bertz CT molecular complexity index is 995. The Morgan fingerprint density at radius 3 is 2.39 bits per heavy atom. The van der Waals surface area contributed by atoms with Crippen molar-refractivity contribution in [3.63, 3.8) is 0 Å². The Kier molecular flexibility index (Phi) is 4.84. The van der Waals surface area contributed by atoms with Crippen molar-refractivity contribution in [2.45, 2.75) is 39.0 Å². The van der Waals surface area contributed by atoms with Crippen molar-refractivity contribution < 1.29 is 9.59 Å². The molecule has 1 atom stereocenters. The topological polar surface area (TPSA) is 37.4 Å². The third kappa shape index (κ3) is 3.38. The molecule has 0 spiro atoms. The molecule has 28 heavy (non-hydrogen) atoms. The van der Waals surface area contributed by atoms with Gasteiger partial charge in [-0.3, -0.25) is 14.5 Å². The quantitative estimate of drug-likeness (QED) is 0.591. The molecule has 1 unspecified atom stereocenters. The lowest BCUT2D eigenvalue weighted by Gasteiger charge is -2.43. The van der Waals surface area contributed by atoms with Gasteiger partial charge in [-0.15, -0.1) is 0 Å². The fraction of sp³-hybridized carbons (Fsp3) is 0.304. The summed E-state index contributed by atoms with van der Waals surface area (Å²) in [6.07, 6.45) is 1.34. The van der Waals surface area contributed by atoms with Crippen LogP contribution in [-0.4, -0.2) is 11.7 Å². The SMILES string of the molecule is CC1(C)CC(=O)C2=C(C1)N(c1ccccc1)C(=O)CC2c1ccc(Cl)cc1Cl. The molecule has 0 N–H and O–H groups in total. The molecule has 0 bridgehead atoms. The van der Waals surface area contributed by atoms with Gasteiger partial charge in [0.05, 0.1) is 0 Å². The predicted octanol–water partition coefficient (Wildman–Crippen LogP) is 6.16. The predicted molar refractivity (Wildman–Crippen MR) is 113 cm³/mol. The maximum Gasteiger partial charge on any atom is 0.232 e. The zero-order chi connectivity index (χ0) is 20.1. The van der Waals surface area contributed by atoms with Crippen LogP contribution in [0.25, 0.3) is 0 Å². The first-order valence-corrected chi connectivity index (χ1v) is 10.1. The van der Waals surface area contributed by atoms with Crippen molar-refractivity contribution >= 4 is 40.6 Å². The number of carbonyl (C=O) groups excluding carboxylic acids is 2. The average molecular weight is 414 g/mol. The molecule has 2 aromatic rings. The molecular weight excluding hydrogens is 393 g/mol. The minimum absolute atomic E-state index is 0.0218. The molecule has 0 saturated carbocycles. The second kappa shape index (κ2) is 7.06.